The zero-order valence-corrected chi connectivity index (χ0v) is 16.3. The van der Waals surface area contributed by atoms with E-state index in [9.17, 15) is 4.79 Å². The quantitative estimate of drug-likeness (QED) is 0.601. The lowest BCUT2D eigenvalue weighted by Gasteiger charge is -2.30. The number of hydrogen-bond acceptors (Lipinski definition) is 3. The molecule has 1 aliphatic heterocycles. The number of rotatable bonds is 2. The molecule has 0 radical (unpaired) electrons. The number of carbonyl (C=O) groups is 1. The molecule has 2 N–H and O–H groups in total. The third-order valence-corrected chi connectivity index (χ3v) is 5.45. The van der Waals surface area contributed by atoms with Crippen LogP contribution >= 0.6 is 46.4 Å². The van der Waals surface area contributed by atoms with Crippen LogP contribution in [-0.4, -0.2) is 22.0 Å². The van der Waals surface area contributed by atoms with Crippen LogP contribution in [0.1, 0.15) is 16.8 Å². The number of aromatic nitrogens is 2. The molecule has 0 saturated carbocycles. The maximum atomic E-state index is 11.9. The summed E-state index contributed by atoms with van der Waals surface area (Å²) in [7, 11) is 0. The van der Waals surface area contributed by atoms with Crippen molar-refractivity contribution < 1.29 is 4.79 Å². The Hall–Kier alpha value is -1.66. The van der Waals surface area contributed by atoms with Gasteiger partial charge in [-0.1, -0.05) is 46.4 Å². The van der Waals surface area contributed by atoms with Crippen LogP contribution in [0.4, 0.5) is 11.6 Å². The van der Waals surface area contributed by atoms with Crippen LogP contribution < -0.4 is 10.6 Å². The van der Waals surface area contributed by atoms with Crippen molar-refractivity contribution in [2.45, 2.75) is 13.0 Å². The molecule has 0 unspecified atom stereocenters. The topological polar surface area (TPSA) is 64.2 Å². The number of aryl methyl sites for hydroxylation is 1. The van der Waals surface area contributed by atoms with Crippen molar-refractivity contribution in [1.29, 1.82) is 0 Å². The SMILES string of the molecule is NC(=O)c1ccc(Cl)c2nc3n(c12)CCCN3c1c(Cl)cc(Cl)cc1Cl. The Morgan fingerprint density at radius 1 is 1.04 bits per heavy atom. The monoisotopic (exact) mass is 428 g/mol. The summed E-state index contributed by atoms with van der Waals surface area (Å²) in [5.74, 6) is 0.0713. The molecular formula is C17H12Cl4N4O. The van der Waals surface area contributed by atoms with Crippen LogP contribution in [-0.2, 0) is 6.54 Å². The molecule has 3 aromatic rings. The molecule has 5 nitrogen and oxygen atoms in total. The molecule has 134 valence electrons. The molecule has 2 heterocycles. The van der Waals surface area contributed by atoms with Gasteiger partial charge in [-0.05, 0) is 30.7 Å². The zero-order chi connectivity index (χ0) is 18.6. The number of primary amides is 1. The van der Waals surface area contributed by atoms with Gasteiger partial charge in [-0.2, -0.15) is 0 Å². The van der Waals surface area contributed by atoms with E-state index < -0.39 is 5.91 Å². The van der Waals surface area contributed by atoms with E-state index in [1.807, 2.05) is 9.47 Å². The number of fused-ring (bicyclic) bond motifs is 3. The first kappa shape index (κ1) is 17.7. The van der Waals surface area contributed by atoms with Gasteiger partial charge in [-0.15, -0.1) is 0 Å². The summed E-state index contributed by atoms with van der Waals surface area (Å²) in [6.07, 6.45) is 0.804. The second-order valence-corrected chi connectivity index (χ2v) is 7.60. The van der Waals surface area contributed by atoms with E-state index in [-0.39, 0.29) is 0 Å². The Morgan fingerprint density at radius 2 is 1.73 bits per heavy atom. The minimum atomic E-state index is -0.533. The number of hydrogen-bond donors (Lipinski definition) is 1. The molecule has 0 saturated heterocycles. The maximum absolute atomic E-state index is 11.9. The first-order chi connectivity index (χ1) is 12.4. The van der Waals surface area contributed by atoms with Crippen molar-refractivity contribution in [3.63, 3.8) is 0 Å². The molecule has 0 spiro atoms. The Bertz CT molecular complexity index is 1040. The third kappa shape index (κ3) is 2.70. The molecule has 26 heavy (non-hydrogen) atoms. The molecule has 0 fully saturated rings. The van der Waals surface area contributed by atoms with E-state index in [0.29, 0.717) is 61.4 Å². The van der Waals surface area contributed by atoms with Crippen LogP contribution in [0.15, 0.2) is 24.3 Å². The molecule has 2 aromatic carbocycles. The molecule has 0 aliphatic carbocycles. The summed E-state index contributed by atoms with van der Waals surface area (Å²) in [5.41, 5.74) is 7.67. The standard InChI is InChI=1S/C17H12Cl4N4O/c18-8-6-11(20)15(12(21)7-8)25-5-1-4-24-14-9(16(22)26)2-3-10(19)13(14)23-17(24)25/h2-3,6-7H,1,4-5H2,(H2,22,26). The van der Waals surface area contributed by atoms with Gasteiger partial charge in [0.15, 0.2) is 0 Å². The molecule has 0 bridgehead atoms. The number of halogens is 4. The van der Waals surface area contributed by atoms with Crippen molar-refractivity contribution in [2.24, 2.45) is 5.73 Å². The highest BCUT2D eigenvalue weighted by atomic mass is 35.5. The third-order valence-electron chi connectivity index (χ3n) is 4.35. The number of nitrogens with zero attached hydrogens (tertiary/aromatic N) is 3. The first-order valence-corrected chi connectivity index (χ1v) is 9.30. The average molecular weight is 430 g/mol. The van der Waals surface area contributed by atoms with Crippen LogP contribution in [0.2, 0.25) is 20.1 Å². The summed E-state index contributed by atoms with van der Waals surface area (Å²) >= 11 is 25.1. The Labute approximate surface area is 169 Å². The van der Waals surface area contributed by atoms with Crippen molar-refractivity contribution in [3.05, 3.63) is 49.9 Å². The summed E-state index contributed by atoms with van der Waals surface area (Å²) < 4.78 is 1.92. The van der Waals surface area contributed by atoms with E-state index >= 15 is 0 Å². The van der Waals surface area contributed by atoms with Crippen LogP contribution in [0, 0.1) is 0 Å². The van der Waals surface area contributed by atoms with Crippen LogP contribution in [0.3, 0.4) is 0 Å². The lowest BCUT2D eigenvalue weighted by Crippen LogP contribution is -2.29. The molecular weight excluding hydrogens is 418 g/mol. The number of amides is 1. The minimum absolute atomic E-state index is 0.373. The average Bonchev–Trinajstić information content (AvgIpc) is 2.95. The molecule has 1 amide bonds. The van der Waals surface area contributed by atoms with Gasteiger partial charge in [0.25, 0.3) is 5.91 Å². The van der Waals surface area contributed by atoms with Crippen molar-refractivity contribution in [1.82, 2.24) is 9.55 Å². The Balaban J connectivity index is 2.00. The fourth-order valence-corrected chi connectivity index (χ4v) is 4.52. The molecule has 4 rings (SSSR count). The van der Waals surface area contributed by atoms with Crippen LogP contribution in [0.5, 0.6) is 0 Å². The number of carbonyl (C=O) groups excluding carboxylic acids is 1. The number of imidazole rings is 1. The van der Waals surface area contributed by atoms with Crippen LogP contribution in [0.25, 0.3) is 11.0 Å². The summed E-state index contributed by atoms with van der Waals surface area (Å²) in [6, 6.07) is 6.50. The Kier molecular flexibility index (Phi) is 4.43. The van der Waals surface area contributed by atoms with Gasteiger partial charge in [0.1, 0.15) is 5.52 Å². The minimum Gasteiger partial charge on any atom is -0.366 e. The molecule has 1 aromatic heterocycles. The van der Waals surface area contributed by atoms with Gasteiger partial charge in [-0.3, -0.25) is 4.79 Å². The summed E-state index contributed by atoms with van der Waals surface area (Å²) in [4.78, 5) is 18.4. The summed E-state index contributed by atoms with van der Waals surface area (Å²) in [6.45, 7) is 1.33. The van der Waals surface area contributed by atoms with E-state index in [0.717, 1.165) is 6.42 Å². The Morgan fingerprint density at radius 3 is 2.38 bits per heavy atom. The second kappa shape index (κ2) is 6.50. The fourth-order valence-electron chi connectivity index (χ4n) is 3.30. The molecule has 0 atom stereocenters. The highest BCUT2D eigenvalue weighted by molar-refractivity contribution is 6.42. The largest absolute Gasteiger partial charge is 0.366 e. The van der Waals surface area contributed by atoms with Crippen molar-refractivity contribution in [3.8, 4) is 0 Å². The molecule has 1 aliphatic rings. The van der Waals surface area contributed by atoms with Crippen molar-refractivity contribution in [2.75, 3.05) is 11.4 Å². The van der Waals surface area contributed by atoms with E-state index in [2.05, 4.69) is 4.98 Å². The van der Waals surface area contributed by atoms with Gasteiger partial charge < -0.3 is 15.2 Å². The predicted molar refractivity (Wildman–Crippen MR) is 106 cm³/mol. The lowest BCUT2D eigenvalue weighted by molar-refractivity contribution is 0.100. The molecule has 9 heteroatoms. The fraction of sp³-hybridized carbons (Fsp3) is 0.176. The van der Waals surface area contributed by atoms with Gasteiger partial charge in [0.2, 0.25) is 5.95 Å². The highest BCUT2D eigenvalue weighted by Gasteiger charge is 2.28. The smallest absolute Gasteiger partial charge is 0.250 e. The van der Waals surface area contributed by atoms with Gasteiger partial charge in [0.05, 0.1) is 31.8 Å². The second-order valence-electron chi connectivity index (χ2n) is 5.94. The lowest BCUT2D eigenvalue weighted by atomic mass is 10.1. The number of anilines is 2. The normalized spacial score (nSPS) is 13.9. The highest BCUT2D eigenvalue weighted by Crippen LogP contribution is 2.43. The van der Waals surface area contributed by atoms with E-state index in [1.165, 1.54) is 0 Å². The maximum Gasteiger partial charge on any atom is 0.250 e. The van der Waals surface area contributed by atoms with Gasteiger partial charge >= 0.3 is 0 Å². The zero-order valence-electron chi connectivity index (χ0n) is 13.3. The number of nitrogens with two attached hydrogens (primary N) is 1. The van der Waals surface area contributed by atoms with Gasteiger partial charge in [0, 0.05) is 18.1 Å². The van der Waals surface area contributed by atoms with E-state index in [1.54, 1.807) is 24.3 Å². The van der Waals surface area contributed by atoms with E-state index in [4.69, 9.17) is 52.1 Å². The van der Waals surface area contributed by atoms with Gasteiger partial charge in [-0.25, -0.2) is 4.98 Å². The first-order valence-electron chi connectivity index (χ1n) is 7.79. The summed E-state index contributed by atoms with van der Waals surface area (Å²) in [5, 5.41) is 1.74. The van der Waals surface area contributed by atoms with Crippen molar-refractivity contribution >= 4 is 75.0 Å². The predicted octanol–water partition coefficient (Wildman–Crippen LogP) is 5.29. The number of benzene rings is 2.